The van der Waals surface area contributed by atoms with Gasteiger partial charge in [-0.1, -0.05) is 18.2 Å². The van der Waals surface area contributed by atoms with E-state index in [4.69, 9.17) is 5.11 Å². The molecule has 0 bridgehead atoms. The van der Waals surface area contributed by atoms with Crippen LogP contribution in [0.25, 0.3) is 0 Å². The molecule has 0 radical (unpaired) electrons. The molecular weight excluding hydrogens is 232 g/mol. The van der Waals surface area contributed by atoms with Crippen LogP contribution in [0.15, 0.2) is 24.3 Å². The molecule has 2 N–H and O–H groups in total. The van der Waals surface area contributed by atoms with Crippen molar-refractivity contribution >= 4 is 11.7 Å². The summed E-state index contributed by atoms with van der Waals surface area (Å²) in [5.41, 5.74) is 0.989. The molecule has 2 rings (SSSR count). The van der Waals surface area contributed by atoms with E-state index in [2.05, 4.69) is 4.90 Å². The van der Waals surface area contributed by atoms with Gasteiger partial charge in [0.1, 0.15) is 6.54 Å². The topological polar surface area (TPSA) is 68.0 Å². The Morgan fingerprint density at radius 1 is 1.33 bits per heavy atom. The summed E-state index contributed by atoms with van der Waals surface area (Å²) >= 11 is 0. The minimum Gasteiger partial charge on any atom is -0.545 e. The molecule has 0 aliphatic carbocycles. The number of carboxylic acids is 1. The van der Waals surface area contributed by atoms with Gasteiger partial charge in [-0.15, -0.1) is 0 Å². The lowest BCUT2D eigenvalue weighted by Crippen LogP contribution is -3.15. The van der Waals surface area contributed by atoms with Crippen LogP contribution in [0, 0.1) is 0 Å². The number of hydrogen-bond donors (Lipinski definition) is 2. The molecule has 5 nitrogen and oxygen atoms in total. The van der Waals surface area contributed by atoms with Crippen molar-refractivity contribution in [3.8, 4) is 0 Å². The third-order valence-electron chi connectivity index (χ3n) is 3.40. The van der Waals surface area contributed by atoms with E-state index in [1.165, 1.54) is 4.90 Å². The van der Waals surface area contributed by atoms with Crippen LogP contribution in [0.1, 0.15) is 10.4 Å². The van der Waals surface area contributed by atoms with Gasteiger partial charge in [-0.2, -0.15) is 0 Å². The van der Waals surface area contributed by atoms with Gasteiger partial charge in [0.15, 0.2) is 0 Å². The van der Waals surface area contributed by atoms with Crippen molar-refractivity contribution in [2.24, 2.45) is 0 Å². The van der Waals surface area contributed by atoms with E-state index in [0.717, 1.165) is 38.4 Å². The van der Waals surface area contributed by atoms with Crippen molar-refractivity contribution in [2.75, 3.05) is 44.2 Å². The Labute approximate surface area is 106 Å². The fourth-order valence-electron chi connectivity index (χ4n) is 2.39. The zero-order valence-electron chi connectivity index (χ0n) is 10.3. The Morgan fingerprint density at radius 2 is 2.00 bits per heavy atom. The molecule has 1 saturated heterocycles. The van der Waals surface area contributed by atoms with E-state index >= 15 is 0 Å². The van der Waals surface area contributed by atoms with Crippen LogP contribution in [0.3, 0.4) is 0 Å². The summed E-state index contributed by atoms with van der Waals surface area (Å²) in [6.45, 7) is 4.41. The molecular formula is C13H18N2O3. The van der Waals surface area contributed by atoms with Gasteiger partial charge in [0.05, 0.1) is 38.8 Å². The minimum atomic E-state index is -1.13. The second kappa shape index (κ2) is 5.84. The Bertz CT molecular complexity index is 414. The molecule has 98 valence electrons. The van der Waals surface area contributed by atoms with E-state index in [0.29, 0.717) is 0 Å². The Balaban J connectivity index is 2.07. The van der Waals surface area contributed by atoms with E-state index in [-0.39, 0.29) is 12.2 Å². The summed E-state index contributed by atoms with van der Waals surface area (Å²) in [4.78, 5) is 14.5. The second-order valence-corrected chi connectivity index (χ2v) is 4.52. The van der Waals surface area contributed by atoms with Crippen LogP contribution in [0.5, 0.6) is 0 Å². The average Bonchev–Trinajstić information content (AvgIpc) is 2.40. The molecule has 1 heterocycles. The first-order valence-electron chi connectivity index (χ1n) is 6.22. The molecule has 1 aromatic carbocycles. The molecule has 1 fully saturated rings. The molecule has 0 amide bonds. The van der Waals surface area contributed by atoms with Crippen molar-refractivity contribution in [2.45, 2.75) is 0 Å². The summed E-state index contributed by atoms with van der Waals surface area (Å²) < 4.78 is 0. The molecule has 0 saturated carbocycles. The van der Waals surface area contributed by atoms with Gasteiger partial charge in [0, 0.05) is 11.3 Å². The average molecular weight is 250 g/mol. The minimum absolute atomic E-state index is 0.199. The van der Waals surface area contributed by atoms with Crippen molar-refractivity contribution in [3.63, 3.8) is 0 Å². The Hall–Kier alpha value is -1.59. The van der Waals surface area contributed by atoms with Crippen LogP contribution in [-0.2, 0) is 0 Å². The highest BCUT2D eigenvalue weighted by molar-refractivity contribution is 5.93. The third-order valence-corrected chi connectivity index (χ3v) is 3.40. The molecule has 0 aromatic heterocycles. The van der Waals surface area contributed by atoms with Gasteiger partial charge in [0.25, 0.3) is 0 Å². The van der Waals surface area contributed by atoms with Crippen molar-refractivity contribution in [3.05, 3.63) is 29.8 Å². The van der Waals surface area contributed by atoms with Gasteiger partial charge in [-0.25, -0.2) is 0 Å². The fraction of sp³-hybridized carbons (Fsp3) is 0.462. The van der Waals surface area contributed by atoms with Gasteiger partial charge < -0.3 is 24.8 Å². The number of carboxylic acid groups (broad SMARTS) is 1. The molecule has 0 atom stereocenters. The quantitative estimate of drug-likeness (QED) is 0.633. The standard InChI is InChI=1S/C13H18N2O3/c16-10-9-14-5-7-15(8-6-14)12-4-2-1-3-11(12)13(17)18/h1-4,16H,5-10H2,(H,17,18). The second-order valence-electron chi connectivity index (χ2n) is 4.52. The number of hydrogen-bond acceptors (Lipinski definition) is 4. The maximum Gasteiger partial charge on any atom is 0.101 e. The van der Waals surface area contributed by atoms with Crippen LogP contribution in [-0.4, -0.2) is 50.4 Å². The predicted octanol–water partition coefficient (Wildman–Crippen LogP) is -2.25. The highest BCUT2D eigenvalue weighted by Crippen LogP contribution is 2.19. The van der Waals surface area contributed by atoms with Crippen LogP contribution in [0.2, 0.25) is 0 Å². The highest BCUT2D eigenvalue weighted by atomic mass is 16.4. The van der Waals surface area contributed by atoms with Crippen molar-refractivity contribution < 1.29 is 19.9 Å². The Kier molecular flexibility index (Phi) is 4.17. The molecule has 0 spiro atoms. The Morgan fingerprint density at radius 3 is 2.61 bits per heavy atom. The van der Waals surface area contributed by atoms with Gasteiger partial charge in [-0.05, 0) is 6.07 Å². The lowest BCUT2D eigenvalue weighted by molar-refractivity contribution is -0.900. The SMILES string of the molecule is O=C([O-])c1ccccc1N1CC[NH+](CCO)CC1. The number of nitrogens with one attached hydrogen (secondary N) is 1. The molecule has 18 heavy (non-hydrogen) atoms. The summed E-state index contributed by atoms with van der Waals surface area (Å²) in [6, 6.07) is 6.95. The van der Waals surface area contributed by atoms with E-state index in [1.807, 2.05) is 12.1 Å². The number of rotatable bonds is 4. The number of piperazine rings is 1. The summed E-state index contributed by atoms with van der Waals surface area (Å²) in [5.74, 6) is -1.13. The first-order chi connectivity index (χ1) is 8.72. The highest BCUT2D eigenvalue weighted by Gasteiger charge is 2.21. The number of para-hydroxylation sites is 1. The lowest BCUT2D eigenvalue weighted by atomic mass is 10.1. The maximum atomic E-state index is 11.1. The van der Waals surface area contributed by atoms with Crippen LogP contribution >= 0.6 is 0 Å². The van der Waals surface area contributed by atoms with E-state index in [1.54, 1.807) is 12.1 Å². The molecule has 1 aromatic rings. The lowest BCUT2D eigenvalue weighted by Gasteiger charge is -2.34. The number of carbonyl (C=O) groups excluding carboxylic acids is 1. The van der Waals surface area contributed by atoms with Crippen LogP contribution < -0.4 is 14.9 Å². The molecule has 0 unspecified atom stereocenters. The molecule has 5 heteroatoms. The number of aromatic carboxylic acids is 1. The summed E-state index contributed by atoms with van der Waals surface area (Å²) in [6.07, 6.45) is 0. The monoisotopic (exact) mass is 250 g/mol. The fourth-order valence-corrected chi connectivity index (χ4v) is 2.39. The third kappa shape index (κ3) is 2.80. The number of nitrogens with zero attached hydrogens (tertiary/aromatic N) is 1. The normalized spacial score (nSPS) is 16.8. The zero-order valence-corrected chi connectivity index (χ0v) is 10.3. The van der Waals surface area contributed by atoms with Crippen molar-refractivity contribution in [1.29, 1.82) is 0 Å². The summed E-state index contributed by atoms with van der Waals surface area (Å²) in [5, 5.41) is 20.0. The number of aliphatic hydroxyl groups excluding tert-OH is 1. The zero-order chi connectivity index (χ0) is 13.0. The molecule has 1 aliphatic rings. The number of anilines is 1. The molecule has 1 aliphatic heterocycles. The first kappa shape index (κ1) is 12.9. The summed E-state index contributed by atoms with van der Waals surface area (Å²) in [7, 11) is 0. The smallest absolute Gasteiger partial charge is 0.101 e. The first-order valence-corrected chi connectivity index (χ1v) is 6.22. The van der Waals surface area contributed by atoms with Gasteiger partial charge in [0.2, 0.25) is 0 Å². The van der Waals surface area contributed by atoms with Gasteiger partial charge >= 0.3 is 0 Å². The van der Waals surface area contributed by atoms with Gasteiger partial charge in [-0.3, -0.25) is 0 Å². The van der Waals surface area contributed by atoms with E-state index in [9.17, 15) is 9.90 Å². The van der Waals surface area contributed by atoms with Crippen LogP contribution in [0.4, 0.5) is 5.69 Å². The number of quaternary nitrogens is 1. The predicted molar refractivity (Wildman–Crippen MR) is 65.6 cm³/mol. The van der Waals surface area contributed by atoms with E-state index < -0.39 is 5.97 Å². The van der Waals surface area contributed by atoms with Crippen molar-refractivity contribution in [1.82, 2.24) is 0 Å². The number of carbonyl (C=O) groups is 1. The largest absolute Gasteiger partial charge is 0.545 e. The number of benzene rings is 1. The maximum absolute atomic E-state index is 11.1. The number of aliphatic hydroxyl groups is 1.